The molecule has 1 aromatic heterocycles. The molecule has 1 saturated heterocycles. The van der Waals surface area contributed by atoms with Crippen molar-refractivity contribution in [2.45, 2.75) is 13.1 Å². The molecule has 5 heteroatoms. The van der Waals surface area contributed by atoms with Crippen LogP contribution in [0.4, 0.5) is 0 Å². The maximum Gasteiger partial charge on any atom is 0.335 e. The molecule has 1 N–H and O–H groups in total. The van der Waals surface area contributed by atoms with E-state index in [1.54, 1.807) is 12.1 Å². The zero-order valence-corrected chi connectivity index (χ0v) is 16.4. The molecule has 0 bridgehead atoms. The fourth-order valence-corrected chi connectivity index (χ4v) is 3.72. The highest BCUT2D eigenvalue weighted by Gasteiger charge is 2.17. The van der Waals surface area contributed by atoms with Crippen LogP contribution in [0.1, 0.15) is 21.5 Å². The van der Waals surface area contributed by atoms with Crippen LogP contribution in [0.15, 0.2) is 73.1 Å². The molecular weight excluding hydrogens is 362 g/mol. The molecule has 3 aromatic rings. The van der Waals surface area contributed by atoms with Crippen LogP contribution in [-0.4, -0.2) is 52.0 Å². The lowest BCUT2D eigenvalue weighted by Gasteiger charge is -2.34. The first-order valence-electron chi connectivity index (χ1n) is 9.94. The number of aromatic carboxylic acids is 1. The fourth-order valence-electron chi connectivity index (χ4n) is 3.72. The summed E-state index contributed by atoms with van der Waals surface area (Å²) in [7, 11) is 0. The van der Waals surface area contributed by atoms with Gasteiger partial charge in [0.2, 0.25) is 0 Å². The molecule has 0 aliphatic carbocycles. The van der Waals surface area contributed by atoms with Gasteiger partial charge < -0.3 is 5.11 Å². The summed E-state index contributed by atoms with van der Waals surface area (Å²) in [6.45, 7) is 6.26. The number of rotatable bonds is 6. The summed E-state index contributed by atoms with van der Waals surface area (Å²) >= 11 is 0. The fraction of sp³-hybridized carbons (Fsp3) is 0.250. The maximum atomic E-state index is 11.0. The van der Waals surface area contributed by atoms with Crippen molar-refractivity contribution in [3.8, 4) is 11.1 Å². The molecule has 2 aromatic carbocycles. The second-order valence-corrected chi connectivity index (χ2v) is 7.49. The van der Waals surface area contributed by atoms with E-state index < -0.39 is 5.97 Å². The molecule has 5 nitrogen and oxygen atoms in total. The quantitative estimate of drug-likeness (QED) is 0.698. The Bertz CT molecular complexity index is 932. The number of nitrogens with zero attached hydrogens (tertiary/aromatic N) is 3. The van der Waals surface area contributed by atoms with E-state index in [2.05, 4.69) is 51.2 Å². The summed E-state index contributed by atoms with van der Waals surface area (Å²) in [5, 5.41) is 9.02. The number of hydrogen-bond acceptors (Lipinski definition) is 4. The van der Waals surface area contributed by atoms with Gasteiger partial charge in [-0.05, 0) is 46.5 Å². The monoisotopic (exact) mass is 387 g/mol. The van der Waals surface area contributed by atoms with Crippen molar-refractivity contribution in [2.75, 3.05) is 26.2 Å². The van der Waals surface area contributed by atoms with Crippen LogP contribution >= 0.6 is 0 Å². The number of pyridine rings is 1. The molecule has 0 radical (unpaired) electrons. The van der Waals surface area contributed by atoms with Crippen molar-refractivity contribution in [3.63, 3.8) is 0 Å². The van der Waals surface area contributed by atoms with Crippen molar-refractivity contribution in [1.29, 1.82) is 0 Å². The lowest BCUT2D eigenvalue weighted by molar-refractivity contribution is 0.0697. The number of carboxylic acid groups (broad SMARTS) is 1. The van der Waals surface area contributed by atoms with Crippen LogP contribution in [0.25, 0.3) is 11.1 Å². The zero-order valence-electron chi connectivity index (χ0n) is 16.4. The minimum Gasteiger partial charge on any atom is -0.478 e. The molecule has 148 valence electrons. The number of piperazine rings is 1. The summed E-state index contributed by atoms with van der Waals surface area (Å²) in [5.41, 5.74) is 5.08. The van der Waals surface area contributed by atoms with Crippen molar-refractivity contribution in [3.05, 3.63) is 89.7 Å². The van der Waals surface area contributed by atoms with Gasteiger partial charge in [0, 0.05) is 51.7 Å². The number of carboxylic acids is 1. The molecule has 1 aliphatic rings. The van der Waals surface area contributed by atoms with Crippen LogP contribution in [0.2, 0.25) is 0 Å². The minimum atomic E-state index is -0.896. The third-order valence-corrected chi connectivity index (χ3v) is 5.45. The van der Waals surface area contributed by atoms with Gasteiger partial charge in [0.05, 0.1) is 5.56 Å². The molecular formula is C24H25N3O2. The molecule has 0 amide bonds. The first kappa shape index (κ1) is 19.3. The van der Waals surface area contributed by atoms with Gasteiger partial charge >= 0.3 is 5.97 Å². The van der Waals surface area contributed by atoms with Crippen molar-refractivity contribution < 1.29 is 9.90 Å². The number of benzene rings is 2. The van der Waals surface area contributed by atoms with Gasteiger partial charge in [-0.2, -0.15) is 0 Å². The van der Waals surface area contributed by atoms with E-state index in [1.807, 2.05) is 24.5 Å². The predicted octanol–water partition coefficient (Wildman–Crippen LogP) is 3.76. The summed E-state index contributed by atoms with van der Waals surface area (Å²) < 4.78 is 0. The lowest BCUT2D eigenvalue weighted by atomic mass is 10.0. The SMILES string of the molecule is O=C(O)c1ccc(-c2ccc(CN3CCN(Cc4ccncc4)CC3)cc2)cc1. The predicted molar refractivity (Wildman–Crippen MR) is 114 cm³/mol. The molecule has 0 spiro atoms. The molecule has 0 unspecified atom stereocenters. The van der Waals surface area contributed by atoms with Crippen molar-refractivity contribution in [1.82, 2.24) is 14.8 Å². The molecule has 0 atom stereocenters. The number of aromatic nitrogens is 1. The summed E-state index contributed by atoms with van der Waals surface area (Å²) in [6, 6.07) is 19.8. The normalized spacial score (nSPS) is 15.3. The van der Waals surface area contributed by atoms with Crippen LogP contribution in [0.3, 0.4) is 0 Å². The number of hydrogen-bond donors (Lipinski definition) is 1. The molecule has 4 rings (SSSR count). The molecule has 29 heavy (non-hydrogen) atoms. The summed E-state index contributed by atoms with van der Waals surface area (Å²) in [5.74, 6) is -0.896. The van der Waals surface area contributed by atoms with Crippen molar-refractivity contribution in [2.24, 2.45) is 0 Å². The van der Waals surface area contributed by atoms with E-state index in [0.29, 0.717) is 5.56 Å². The van der Waals surface area contributed by atoms with Crippen LogP contribution < -0.4 is 0 Å². The first-order chi connectivity index (χ1) is 14.2. The Morgan fingerprint density at radius 3 is 1.66 bits per heavy atom. The smallest absolute Gasteiger partial charge is 0.335 e. The van der Waals surface area contributed by atoms with Crippen LogP contribution in [0, 0.1) is 0 Å². The zero-order chi connectivity index (χ0) is 20.1. The van der Waals surface area contributed by atoms with Gasteiger partial charge in [-0.15, -0.1) is 0 Å². The summed E-state index contributed by atoms with van der Waals surface area (Å²) in [6.07, 6.45) is 3.71. The van der Waals surface area contributed by atoms with E-state index in [1.165, 1.54) is 11.1 Å². The van der Waals surface area contributed by atoms with Gasteiger partial charge in [0.1, 0.15) is 0 Å². The average molecular weight is 387 g/mol. The largest absolute Gasteiger partial charge is 0.478 e. The third-order valence-electron chi connectivity index (χ3n) is 5.45. The highest BCUT2D eigenvalue weighted by molar-refractivity contribution is 5.88. The Hall–Kier alpha value is -3.02. The van der Waals surface area contributed by atoms with Crippen LogP contribution in [0.5, 0.6) is 0 Å². The van der Waals surface area contributed by atoms with Gasteiger partial charge in [0.25, 0.3) is 0 Å². The molecule has 1 fully saturated rings. The second kappa shape index (κ2) is 8.99. The highest BCUT2D eigenvalue weighted by atomic mass is 16.4. The number of carbonyl (C=O) groups is 1. The highest BCUT2D eigenvalue weighted by Crippen LogP contribution is 2.21. The molecule has 1 aliphatic heterocycles. The Labute approximate surface area is 171 Å². The average Bonchev–Trinajstić information content (AvgIpc) is 2.76. The van der Waals surface area contributed by atoms with E-state index in [0.717, 1.165) is 50.4 Å². The standard InChI is InChI=1S/C24H25N3O2/c28-24(29)23-7-5-22(6-8-23)21-3-1-19(2-4-21)17-26-13-15-27(16-14-26)18-20-9-11-25-12-10-20/h1-12H,13-18H2,(H,28,29). The minimum absolute atomic E-state index is 0.313. The third kappa shape index (κ3) is 5.08. The van der Waals surface area contributed by atoms with E-state index in [-0.39, 0.29) is 0 Å². The molecule has 2 heterocycles. The second-order valence-electron chi connectivity index (χ2n) is 7.49. The maximum absolute atomic E-state index is 11.0. The topological polar surface area (TPSA) is 56.7 Å². The van der Waals surface area contributed by atoms with E-state index in [9.17, 15) is 4.79 Å². The Morgan fingerprint density at radius 2 is 1.17 bits per heavy atom. The first-order valence-corrected chi connectivity index (χ1v) is 9.94. The van der Waals surface area contributed by atoms with Crippen LogP contribution in [-0.2, 0) is 13.1 Å². The van der Waals surface area contributed by atoms with Gasteiger partial charge in [0.15, 0.2) is 0 Å². The molecule has 0 saturated carbocycles. The van der Waals surface area contributed by atoms with Crippen molar-refractivity contribution >= 4 is 5.97 Å². The lowest BCUT2D eigenvalue weighted by Crippen LogP contribution is -2.45. The Morgan fingerprint density at radius 1 is 0.724 bits per heavy atom. The Kier molecular flexibility index (Phi) is 5.98. The Balaban J connectivity index is 1.30. The van der Waals surface area contributed by atoms with E-state index in [4.69, 9.17) is 5.11 Å². The van der Waals surface area contributed by atoms with Gasteiger partial charge in [-0.3, -0.25) is 14.8 Å². The van der Waals surface area contributed by atoms with Gasteiger partial charge in [-0.25, -0.2) is 4.79 Å². The summed E-state index contributed by atoms with van der Waals surface area (Å²) in [4.78, 5) is 20.1. The van der Waals surface area contributed by atoms with E-state index >= 15 is 0 Å². The van der Waals surface area contributed by atoms with Gasteiger partial charge in [-0.1, -0.05) is 36.4 Å².